The Bertz CT molecular complexity index is 401. The van der Waals surface area contributed by atoms with E-state index in [9.17, 15) is 4.79 Å². The number of carbonyl (C=O) groups excluding carboxylic acids is 1. The predicted molar refractivity (Wildman–Crippen MR) is 81.7 cm³/mol. The van der Waals surface area contributed by atoms with Gasteiger partial charge in [0.15, 0.2) is 0 Å². The van der Waals surface area contributed by atoms with Crippen LogP contribution in [0.5, 0.6) is 0 Å². The van der Waals surface area contributed by atoms with Gasteiger partial charge in [0.25, 0.3) is 0 Å². The van der Waals surface area contributed by atoms with Crippen LogP contribution in [0, 0.1) is 5.92 Å². The van der Waals surface area contributed by atoms with Crippen molar-refractivity contribution >= 4 is 17.7 Å². The molecular formula is C16H22O3S. The number of benzene rings is 1. The highest BCUT2D eigenvalue weighted by atomic mass is 32.2. The first kappa shape index (κ1) is 15.4. The summed E-state index contributed by atoms with van der Waals surface area (Å²) in [5.41, 5.74) is 1.03. The normalized spacial score (nSPS) is 19.8. The number of hydrogen-bond acceptors (Lipinski definition) is 4. The van der Waals surface area contributed by atoms with Gasteiger partial charge in [-0.3, -0.25) is 4.79 Å². The zero-order chi connectivity index (χ0) is 14.2. The van der Waals surface area contributed by atoms with E-state index in [-0.39, 0.29) is 11.9 Å². The van der Waals surface area contributed by atoms with Crippen molar-refractivity contribution < 1.29 is 14.3 Å². The molecule has 1 aromatic rings. The number of esters is 1. The highest BCUT2D eigenvalue weighted by molar-refractivity contribution is 7.99. The van der Waals surface area contributed by atoms with Gasteiger partial charge in [-0.05, 0) is 18.4 Å². The van der Waals surface area contributed by atoms with Gasteiger partial charge in [0, 0.05) is 18.1 Å². The number of hydrogen-bond donors (Lipinski definition) is 0. The van der Waals surface area contributed by atoms with Crippen LogP contribution in [0.2, 0.25) is 0 Å². The van der Waals surface area contributed by atoms with Gasteiger partial charge in [-0.25, -0.2) is 0 Å². The van der Waals surface area contributed by atoms with E-state index < -0.39 is 0 Å². The van der Waals surface area contributed by atoms with Crippen LogP contribution in [-0.4, -0.2) is 30.2 Å². The maximum atomic E-state index is 11.9. The first-order valence-corrected chi connectivity index (χ1v) is 8.31. The molecule has 0 aromatic heterocycles. The summed E-state index contributed by atoms with van der Waals surface area (Å²) in [5, 5.41) is 0. The van der Waals surface area contributed by atoms with Gasteiger partial charge in [0.05, 0.1) is 12.0 Å². The molecule has 1 fully saturated rings. The van der Waals surface area contributed by atoms with E-state index in [0.29, 0.717) is 12.7 Å². The number of carbonyl (C=O) groups is 1. The summed E-state index contributed by atoms with van der Waals surface area (Å²) >= 11 is 1.78. The molecule has 0 saturated carbocycles. The smallest absolute Gasteiger partial charge is 0.309 e. The lowest BCUT2D eigenvalue weighted by Gasteiger charge is -2.13. The molecule has 20 heavy (non-hydrogen) atoms. The fraction of sp³-hybridized carbons (Fsp3) is 0.562. The first-order valence-electron chi connectivity index (χ1n) is 7.15. The highest BCUT2D eigenvalue weighted by Crippen LogP contribution is 2.19. The third-order valence-electron chi connectivity index (χ3n) is 3.32. The van der Waals surface area contributed by atoms with E-state index >= 15 is 0 Å². The second-order valence-corrected chi connectivity index (χ2v) is 6.24. The Morgan fingerprint density at radius 1 is 1.45 bits per heavy atom. The summed E-state index contributed by atoms with van der Waals surface area (Å²) in [4.78, 5) is 11.9. The van der Waals surface area contributed by atoms with E-state index in [4.69, 9.17) is 9.47 Å². The van der Waals surface area contributed by atoms with Crippen molar-refractivity contribution in [2.75, 3.05) is 18.1 Å². The van der Waals surface area contributed by atoms with E-state index in [1.54, 1.807) is 11.8 Å². The molecule has 110 valence electrons. The van der Waals surface area contributed by atoms with Crippen LogP contribution >= 0.6 is 11.8 Å². The van der Waals surface area contributed by atoms with Gasteiger partial charge in [-0.15, -0.1) is 0 Å². The lowest BCUT2D eigenvalue weighted by Crippen LogP contribution is -2.18. The zero-order valence-electron chi connectivity index (χ0n) is 11.9. The molecule has 1 heterocycles. The summed E-state index contributed by atoms with van der Waals surface area (Å²) < 4.78 is 10.9. The standard InChI is InChI=1S/C16H22O3S/c1-13(11-20-12-15-8-5-9-18-15)16(17)19-10-14-6-3-2-4-7-14/h2-4,6-7,13,15H,5,8-12H2,1H3. The average molecular weight is 294 g/mol. The van der Waals surface area contributed by atoms with Gasteiger partial charge in [-0.1, -0.05) is 37.3 Å². The van der Waals surface area contributed by atoms with Crippen LogP contribution in [0.1, 0.15) is 25.3 Å². The van der Waals surface area contributed by atoms with Crippen LogP contribution < -0.4 is 0 Å². The molecule has 3 nitrogen and oxygen atoms in total. The molecule has 0 bridgehead atoms. The molecule has 0 amide bonds. The van der Waals surface area contributed by atoms with Crippen molar-refractivity contribution in [3.8, 4) is 0 Å². The third-order valence-corrected chi connectivity index (χ3v) is 4.67. The van der Waals surface area contributed by atoms with Gasteiger partial charge in [0.2, 0.25) is 0 Å². The van der Waals surface area contributed by atoms with Crippen molar-refractivity contribution in [1.29, 1.82) is 0 Å². The fourth-order valence-electron chi connectivity index (χ4n) is 2.09. The van der Waals surface area contributed by atoms with Crippen molar-refractivity contribution in [1.82, 2.24) is 0 Å². The monoisotopic (exact) mass is 294 g/mol. The Hall–Kier alpha value is -1.00. The Morgan fingerprint density at radius 2 is 2.25 bits per heavy atom. The minimum Gasteiger partial charge on any atom is -0.461 e. The average Bonchev–Trinajstić information content (AvgIpc) is 2.99. The van der Waals surface area contributed by atoms with Crippen LogP contribution in [0.25, 0.3) is 0 Å². The van der Waals surface area contributed by atoms with Crippen molar-refractivity contribution in [3.63, 3.8) is 0 Å². The van der Waals surface area contributed by atoms with Crippen LogP contribution in [0.3, 0.4) is 0 Å². The summed E-state index contributed by atoms with van der Waals surface area (Å²) in [6, 6.07) is 9.78. The molecule has 1 aromatic carbocycles. The van der Waals surface area contributed by atoms with Gasteiger partial charge >= 0.3 is 5.97 Å². The molecule has 0 radical (unpaired) electrons. The number of ether oxygens (including phenoxy) is 2. The topological polar surface area (TPSA) is 35.5 Å². The molecule has 0 spiro atoms. The highest BCUT2D eigenvalue weighted by Gasteiger charge is 2.18. The fourth-order valence-corrected chi connectivity index (χ4v) is 3.24. The largest absolute Gasteiger partial charge is 0.461 e. The zero-order valence-corrected chi connectivity index (χ0v) is 12.7. The Labute approximate surface area is 125 Å². The van der Waals surface area contributed by atoms with Crippen molar-refractivity contribution in [2.45, 2.75) is 32.5 Å². The number of rotatable bonds is 7. The van der Waals surface area contributed by atoms with Crippen LogP contribution in [0.15, 0.2) is 30.3 Å². The van der Waals surface area contributed by atoms with E-state index in [1.165, 1.54) is 6.42 Å². The maximum absolute atomic E-state index is 11.9. The second kappa shape index (κ2) is 8.32. The summed E-state index contributed by atoms with van der Waals surface area (Å²) in [6.45, 7) is 3.18. The van der Waals surface area contributed by atoms with Gasteiger partial charge < -0.3 is 9.47 Å². The molecule has 4 heteroatoms. The Balaban J connectivity index is 1.61. The Morgan fingerprint density at radius 3 is 2.95 bits per heavy atom. The SMILES string of the molecule is CC(CSCC1CCCO1)C(=O)OCc1ccccc1. The van der Waals surface area contributed by atoms with Crippen molar-refractivity contribution in [2.24, 2.45) is 5.92 Å². The molecule has 2 rings (SSSR count). The quantitative estimate of drug-likeness (QED) is 0.723. The minimum atomic E-state index is -0.117. The van der Waals surface area contributed by atoms with Gasteiger partial charge in [-0.2, -0.15) is 11.8 Å². The second-order valence-electron chi connectivity index (χ2n) is 5.17. The van der Waals surface area contributed by atoms with Crippen molar-refractivity contribution in [3.05, 3.63) is 35.9 Å². The molecule has 1 aliphatic heterocycles. The summed E-state index contributed by atoms with van der Waals surface area (Å²) in [6.07, 6.45) is 2.70. The molecule has 2 unspecified atom stereocenters. The molecule has 0 N–H and O–H groups in total. The number of thioether (sulfide) groups is 1. The maximum Gasteiger partial charge on any atom is 0.309 e. The summed E-state index contributed by atoms with van der Waals surface area (Å²) in [5.74, 6) is 1.60. The van der Waals surface area contributed by atoms with E-state index in [1.807, 2.05) is 37.3 Å². The van der Waals surface area contributed by atoms with Crippen LogP contribution in [0.4, 0.5) is 0 Å². The molecule has 2 atom stereocenters. The molecule has 1 aliphatic rings. The van der Waals surface area contributed by atoms with E-state index in [2.05, 4.69) is 0 Å². The molecule has 1 saturated heterocycles. The third kappa shape index (κ3) is 5.17. The lowest BCUT2D eigenvalue weighted by molar-refractivity contribution is -0.148. The first-order chi connectivity index (χ1) is 9.75. The summed E-state index contributed by atoms with van der Waals surface area (Å²) in [7, 11) is 0. The molecule has 0 aliphatic carbocycles. The van der Waals surface area contributed by atoms with E-state index in [0.717, 1.165) is 30.1 Å². The van der Waals surface area contributed by atoms with Crippen LogP contribution in [-0.2, 0) is 20.9 Å². The predicted octanol–water partition coefficient (Wildman–Crippen LogP) is 3.28. The molecular weight excluding hydrogens is 272 g/mol. The minimum absolute atomic E-state index is 0.0647. The lowest BCUT2D eigenvalue weighted by atomic mass is 10.2. The Kier molecular flexibility index (Phi) is 6.40. The van der Waals surface area contributed by atoms with Gasteiger partial charge in [0.1, 0.15) is 6.61 Å².